The molecule has 0 radical (unpaired) electrons. The topological polar surface area (TPSA) is 59.8 Å². The highest BCUT2D eigenvalue weighted by Gasteiger charge is 2.30. The largest absolute Gasteiger partial charge is 0.416 e. The third-order valence-corrected chi connectivity index (χ3v) is 4.68. The summed E-state index contributed by atoms with van der Waals surface area (Å²) in [6.45, 7) is 1.72. The van der Waals surface area contributed by atoms with Crippen molar-refractivity contribution in [1.82, 2.24) is 14.8 Å². The first-order chi connectivity index (χ1) is 11.3. The number of nitrogens with zero attached hydrogens (tertiary/aromatic N) is 3. The van der Waals surface area contributed by atoms with Gasteiger partial charge in [-0.15, -0.1) is 10.2 Å². The van der Waals surface area contributed by atoms with Gasteiger partial charge in [-0.25, -0.2) is 0 Å². The van der Waals surface area contributed by atoms with Crippen molar-refractivity contribution in [3.63, 3.8) is 0 Å². The van der Waals surface area contributed by atoms with Crippen molar-refractivity contribution in [2.75, 3.05) is 5.32 Å². The number of rotatable bonds is 5. The van der Waals surface area contributed by atoms with Crippen LogP contribution in [0, 0.1) is 0 Å². The predicted molar refractivity (Wildman–Crippen MR) is 83.7 cm³/mol. The lowest BCUT2D eigenvalue weighted by Gasteiger charge is -2.13. The summed E-state index contributed by atoms with van der Waals surface area (Å²) in [5.74, 6) is -0.301. The maximum absolute atomic E-state index is 12.5. The first-order valence-corrected chi connectivity index (χ1v) is 8.27. The van der Waals surface area contributed by atoms with Gasteiger partial charge in [0.2, 0.25) is 5.91 Å². The summed E-state index contributed by atoms with van der Waals surface area (Å²) in [7, 11) is 0. The second kappa shape index (κ2) is 6.46. The zero-order chi connectivity index (χ0) is 17.3. The van der Waals surface area contributed by atoms with Crippen molar-refractivity contribution in [2.45, 2.75) is 42.4 Å². The number of nitrogens with one attached hydrogen (secondary N) is 1. The zero-order valence-corrected chi connectivity index (χ0v) is 13.6. The van der Waals surface area contributed by atoms with Crippen molar-refractivity contribution in [3.8, 4) is 0 Å². The lowest BCUT2D eigenvalue weighted by atomic mass is 10.2. The van der Waals surface area contributed by atoms with Gasteiger partial charge in [-0.1, -0.05) is 11.8 Å². The number of thioether (sulfide) groups is 1. The monoisotopic (exact) mass is 356 g/mol. The Labute approximate surface area is 140 Å². The molecule has 0 unspecified atom stereocenters. The van der Waals surface area contributed by atoms with E-state index in [2.05, 4.69) is 15.5 Å². The minimum atomic E-state index is -4.39. The van der Waals surface area contributed by atoms with E-state index in [0.29, 0.717) is 16.9 Å². The van der Waals surface area contributed by atoms with E-state index < -0.39 is 17.0 Å². The van der Waals surface area contributed by atoms with Gasteiger partial charge in [0.1, 0.15) is 6.33 Å². The molecule has 1 fully saturated rings. The number of halogens is 3. The Kier molecular flexibility index (Phi) is 4.53. The van der Waals surface area contributed by atoms with Gasteiger partial charge in [-0.05, 0) is 44.0 Å². The van der Waals surface area contributed by atoms with Crippen LogP contribution in [0.4, 0.5) is 18.9 Å². The molecule has 1 aliphatic carbocycles. The summed E-state index contributed by atoms with van der Waals surface area (Å²) in [6, 6.07) is 4.77. The molecule has 0 spiro atoms. The number of benzene rings is 1. The molecule has 128 valence electrons. The third kappa shape index (κ3) is 3.89. The molecule has 2 aromatic rings. The fourth-order valence-corrected chi connectivity index (χ4v) is 3.01. The normalized spacial score (nSPS) is 16.0. The summed E-state index contributed by atoms with van der Waals surface area (Å²) in [4.78, 5) is 12.2. The number of aromatic nitrogens is 3. The van der Waals surface area contributed by atoms with Gasteiger partial charge in [0.25, 0.3) is 0 Å². The van der Waals surface area contributed by atoms with Crippen LogP contribution in [0.25, 0.3) is 0 Å². The van der Waals surface area contributed by atoms with Crippen molar-refractivity contribution in [3.05, 3.63) is 36.2 Å². The van der Waals surface area contributed by atoms with Crippen LogP contribution >= 0.6 is 11.8 Å². The number of hydrogen-bond acceptors (Lipinski definition) is 4. The number of carbonyl (C=O) groups excluding carboxylic acids is 1. The first kappa shape index (κ1) is 16.8. The molecular formula is C15H15F3N4OS. The van der Waals surface area contributed by atoms with Crippen LogP contribution < -0.4 is 5.32 Å². The van der Waals surface area contributed by atoms with Crippen LogP contribution in [0.1, 0.15) is 31.4 Å². The second-order valence-corrected chi connectivity index (χ2v) is 6.88. The molecule has 24 heavy (non-hydrogen) atoms. The highest BCUT2D eigenvalue weighted by Crippen LogP contribution is 2.38. The lowest BCUT2D eigenvalue weighted by Crippen LogP contribution is -2.23. The van der Waals surface area contributed by atoms with Gasteiger partial charge >= 0.3 is 6.18 Å². The van der Waals surface area contributed by atoms with E-state index in [1.807, 2.05) is 4.57 Å². The Hall–Kier alpha value is -2.03. The Morgan fingerprint density at radius 3 is 2.58 bits per heavy atom. The van der Waals surface area contributed by atoms with Crippen LogP contribution in [-0.4, -0.2) is 25.9 Å². The van der Waals surface area contributed by atoms with Gasteiger partial charge in [-0.3, -0.25) is 4.79 Å². The molecule has 0 aliphatic heterocycles. The van der Waals surface area contributed by atoms with E-state index in [1.165, 1.54) is 23.9 Å². The van der Waals surface area contributed by atoms with E-state index >= 15 is 0 Å². The molecule has 3 rings (SSSR count). The quantitative estimate of drug-likeness (QED) is 0.829. The van der Waals surface area contributed by atoms with Crippen LogP contribution in [0.5, 0.6) is 0 Å². The van der Waals surface area contributed by atoms with Gasteiger partial charge in [0, 0.05) is 11.7 Å². The molecule has 5 nitrogen and oxygen atoms in total. The summed E-state index contributed by atoms with van der Waals surface area (Å²) >= 11 is 1.28. The maximum atomic E-state index is 12.5. The molecule has 9 heteroatoms. The average Bonchev–Trinajstić information content (AvgIpc) is 3.27. The minimum Gasteiger partial charge on any atom is -0.325 e. The third-order valence-electron chi connectivity index (χ3n) is 3.61. The fraction of sp³-hybridized carbons (Fsp3) is 0.400. The highest BCUT2D eigenvalue weighted by molar-refractivity contribution is 8.00. The Morgan fingerprint density at radius 1 is 1.33 bits per heavy atom. The van der Waals surface area contributed by atoms with Crippen molar-refractivity contribution >= 4 is 23.4 Å². The van der Waals surface area contributed by atoms with Gasteiger partial charge in [0.05, 0.1) is 10.8 Å². The average molecular weight is 356 g/mol. The lowest BCUT2D eigenvalue weighted by molar-refractivity contribution is -0.137. The van der Waals surface area contributed by atoms with Crippen molar-refractivity contribution in [1.29, 1.82) is 0 Å². The Morgan fingerprint density at radius 2 is 2.00 bits per heavy atom. The molecule has 1 aromatic heterocycles. The molecule has 1 N–H and O–H groups in total. The number of hydrogen-bond donors (Lipinski definition) is 1. The van der Waals surface area contributed by atoms with E-state index in [4.69, 9.17) is 0 Å². The molecule has 0 saturated heterocycles. The summed E-state index contributed by atoms with van der Waals surface area (Å²) < 4.78 is 39.5. The first-order valence-electron chi connectivity index (χ1n) is 7.39. The standard InChI is InChI=1S/C15H15F3N4OS/c1-9(24-14-21-19-8-22(14)12-6-7-12)13(23)20-11-4-2-10(3-5-11)15(16,17)18/h2-5,8-9,12H,6-7H2,1H3,(H,20,23)/t9-/m1/s1. The van der Waals surface area contributed by atoms with Crippen LogP contribution in [0.2, 0.25) is 0 Å². The SMILES string of the molecule is C[C@@H](Sc1nncn1C1CC1)C(=O)Nc1ccc(C(F)(F)F)cc1. The predicted octanol–water partition coefficient (Wildman–Crippen LogP) is 3.75. The van der Waals surface area contributed by atoms with Gasteiger partial charge in [0.15, 0.2) is 5.16 Å². The molecule has 1 heterocycles. The van der Waals surface area contributed by atoms with Crippen molar-refractivity contribution < 1.29 is 18.0 Å². The molecule has 1 aromatic carbocycles. The van der Waals surface area contributed by atoms with Crippen molar-refractivity contribution in [2.24, 2.45) is 0 Å². The number of anilines is 1. The van der Waals surface area contributed by atoms with E-state index in [1.54, 1.807) is 13.3 Å². The molecule has 1 aliphatic rings. The fourth-order valence-electron chi connectivity index (χ4n) is 2.12. The second-order valence-electron chi connectivity index (χ2n) is 5.58. The van der Waals surface area contributed by atoms with E-state index in [-0.39, 0.29) is 5.91 Å². The molecule has 1 saturated carbocycles. The Balaban J connectivity index is 1.60. The summed E-state index contributed by atoms with van der Waals surface area (Å²) in [5.41, 5.74) is -0.426. The highest BCUT2D eigenvalue weighted by atomic mass is 32.2. The van der Waals surface area contributed by atoms with E-state index in [0.717, 1.165) is 25.0 Å². The van der Waals surface area contributed by atoms with Crippen LogP contribution in [0.3, 0.4) is 0 Å². The molecule has 0 bridgehead atoms. The molecule has 1 amide bonds. The van der Waals surface area contributed by atoms with Gasteiger partial charge < -0.3 is 9.88 Å². The van der Waals surface area contributed by atoms with Crippen LogP contribution in [-0.2, 0) is 11.0 Å². The zero-order valence-electron chi connectivity index (χ0n) is 12.7. The number of carbonyl (C=O) groups is 1. The maximum Gasteiger partial charge on any atom is 0.416 e. The number of alkyl halides is 3. The number of amides is 1. The Bertz CT molecular complexity index is 725. The summed E-state index contributed by atoms with van der Waals surface area (Å²) in [5, 5.41) is 10.7. The summed E-state index contributed by atoms with van der Waals surface area (Å²) in [6.07, 6.45) is -0.575. The van der Waals surface area contributed by atoms with Crippen LogP contribution in [0.15, 0.2) is 35.7 Å². The smallest absolute Gasteiger partial charge is 0.325 e. The van der Waals surface area contributed by atoms with Gasteiger partial charge in [-0.2, -0.15) is 13.2 Å². The molecular weight excluding hydrogens is 341 g/mol. The van der Waals surface area contributed by atoms with E-state index in [9.17, 15) is 18.0 Å². The molecule has 1 atom stereocenters. The minimum absolute atomic E-state index is 0.301.